The van der Waals surface area contributed by atoms with Gasteiger partial charge in [-0.25, -0.2) is 4.98 Å². The van der Waals surface area contributed by atoms with Crippen LogP contribution in [0.3, 0.4) is 0 Å². The molecule has 9 heteroatoms. The van der Waals surface area contributed by atoms with Crippen molar-refractivity contribution in [1.29, 1.82) is 0 Å². The lowest BCUT2D eigenvalue weighted by Gasteiger charge is -2.11. The van der Waals surface area contributed by atoms with Crippen LogP contribution in [-0.2, 0) is 6.54 Å². The summed E-state index contributed by atoms with van der Waals surface area (Å²) in [4.78, 5) is 19.7. The number of aromatic nitrogens is 2. The average molecular weight is 398 g/mol. The highest BCUT2D eigenvalue weighted by atomic mass is 19.4. The summed E-state index contributed by atoms with van der Waals surface area (Å²) >= 11 is 0. The predicted octanol–water partition coefficient (Wildman–Crippen LogP) is 3.40. The fourth-order valence-electron chi connectivity index (χ4n) is 1.74. The van der Waals surface area contributed by atoms with Gasteiger partial charge in [-0.05, 0) is 45.4 Å². The third-order valence-electron chi connectivity index (χ3n) is 2.92. The normalized spacial score (nSPS) is 11.3. The maximum Gasteiger partial charge on any atom is 0.422 e. The minimum atomic E-state index is -4.43. The number of carbonyl (C=O) groups is 1. The monoisotopic (exact) mass is 398 g/mol. The van der Waals surface area contributed by atoms with Gasteiger partial charge in [-0.3, -0.25) is 9.78 Å². The number of carbonyl (C=O) groups excluding carboxylic acids is 1. The number of hydrogen-bond acceptors (Lipinski definition) is 5. The average Bonchev–Trinajstić information content (AvgIpc) is 2.58. The number of halogens is 3. The standard InChI is InChI=1S/C15H14F3N3O2.C4H11N/c1-10-2-3-13(23-9-15(16,17)18)21-12(10)8-20-14(22)11-4-6-19-7-5-11;1-4(2,3)5/h2-7H,8-9H2,1H3,(H,20,22);5H2,1-3H3. The number of ether oxygens (including phenoxy) is 1. The Morgan fingerprint density at radius 3 is 2.25 bits per heavy atom. The Morgan fingerprint density at radius 2 is 1.71 bits per heavy atom. The highest BCUT2D eigenvalue weighted by Crippen LogP contribution is 2.18. The number of nitrogens with two attached hydrogens (primary N) is 1. The Morgan fingerprint density at radius 1 is 1.14 bits per heavy atom. The molecule has 0 aliphatic heterocycles. The molecule has 2 rings (SSSR count). The quantitative estimate of drug-likeness (QED) is 0.806. The van der Waals surface area contributed by atoms with E-state index < -0.39 is 12.8 Å². The SMILES string of the molecule is CC(C)(C)N.Cc1ccc(OCC(F)(F)F)nc1CNC(=O)c1ccncc1. The first-order valence-corrected chi connectivity index (χ1v) is 8.48. The number of rotatable bonds is 5. The van der Waals surface area contributed by atoms with E-state index in [9.17, 15) is 18.0 Å². The van der Waals surface area contributed by atoms with E-state index in [0.717, 1.165) is 5.56 Å². The van der Waals surface area contributed by atoms with Crippen molar-refractivity contribution in [1.82, 2.24) is 15.3 Å². The maximum absolute atomic E-state index is 12.1. The van der Waals surface area contributed by atoms with Gasteiger partial charge in [0.05, 0.1) is 12.2 Å². The third kappa shape index (κ3) is 10.5. The van der Waals surface area contributed by atoms with Crippen LogP contribution in [0.2, 0.25) is 0 Å². The number of nitrogens with zero attached hydrogens (tertiary/aromatic N) is 2. The van der Waals surface area contributed by atoms with E-state index in [0.29, 0.717) is 11.3 Å². The molecule has 154 valence electrons. The summed E-state index contributed by atoms with van der Waals surface area (Å²) in [5, 5.41) is 2.65. The van der Waals surface area contributed by atoms with E-state index >= 15 is 0 Å². The Bertz CT molecular complexity index is 754. The molecule has 3 N–H and O–H groups in total. The van der Waals surface area contributed by atoms with E-state index in [4.69, 9.17) is 5.73 Å². The molecule has 0 saturated heterocycles. The first kappa shape index (κ1) is 23.4. The molecule has 1 amide bonds. The van der Waals surface area contributed by atoms with Crippen LogP contribution in [0.15, 0.2) is 36.7 Å². The lowest BCUT2D eigenvalue weighted by atomic mass is 10.1. The van der Waals surface area contributed by atoms with Gasteiger partial charge in [0.25, 0.3) is 5.91 Å². The highest BCUT2D eigenvalue weighted by Gasteiger charge is 2.28. The minimum Gasteiger partial charge on any atom is -0.468 e. The van der Waals surface area contributed by atoms with Crippen LogP contribution in [0.5, 0.6) is 5.88 Å². The van der Waals surface area contributed by atoms with Gasteiger partial charge < -0.3 is 15.8 Å². The molecule has 0 unspecified atom stereocenters. The second-order valence-electron chi connectivity index (χ2n) is 7.10. The summed E-state index contributed by atoms with van der Waals surface area (Å²) < 4.78 is 41.0. The summed E-state index contributed by atoms with van der Waals surface area (Å²) in [6.07, 6.45) is -1.45. The highest BCUT2D eigenvalue weighted by molar-refractivity contribution is 5.93. The van der Waals surface area contributed by atoms with Crippen LogP contribution in [0.4, 0.5) is 13.2 Å². The molecular weight excluding hydrogens is 373 g/mol. The Kier molecular flexibility index (Phi) is 8.36. The van der Waals surface area contributed by atoms with Crippen LogP contribution in [-0.4, -0.2) is 34.2 Å². The zero-order chi connectivity index (χ0) is 21.4. The van der Waals surface area contributed by atoms with Crippen LogP contribution in [0, 0.1) is 6.92 Å². The van der Waals surface area contributed by atoms with Gasteiger partial charge in [0, 0.05) is 29.6 Å². The Labute approximate surface area is 162 Å². The number of hydrogen-bond donors (Lipinski definition) is 2. The number of nitrogens with one attached hydrogen (secondary N) is 1. The molecule has 0 radical (unpaired) electrons. The molecule has 6 nitrogen and oxygen atoms in total. The maximum atomic E-state index is 12.1. The first-order valence-electron chi connectivity index (χ1n) is 8.48. The minimum absolute atomic E-state index is 0. The predicted molar refractivity (Wildman–Crippen MR) is 99.9 cm³/mol. The van der Waals surface area contributed by atoms with E-state index in [1.54, 1.807) is 25.1 Å². The molecule has 2 aromatic rings. The topological polar surface area (TPSA) is 90.1 Å². The van der Waals surface area contributed by atoms with Crippen LogP contribution < -0.4 is 15.8 Å². The molecule has 0 bridgehead atoms. The fourth-order valence-corrected chi connectivity index (χ4v) is 1.74. The van der Waals surface area contributed by atoms with Crippen molar-refractivity contribution in [3.63, 3.8) is 0 Å². The molecule has 0 aromatic carbocycles. The summed E-state index contributed by atoms with van der Waals surface area (Å²) in [5.41, 5.74) is 6.96. The molecule has 0 spiro atoms. The molecule has 0 fully saturated rings. The molecule has 28 heavy (non-hydrogen) atoms. The number of alkyl halides is 3. The molecule has 2 aromatic heterocycles. The Balaban J connectivity index is 0.000000696. The van der Waals surface area contributed by atoms with E-state index in [1.807, 2.05) is 20.8 Å². The lowest BCUT2D eigenvalue weighted by Crippen LogP contribution is -2.26. The van der Waals surface area contributed by atoms with Crippen LogP contribution >= 0.6 is 0 Å². The number of amides is 1. The smallest absolute Gasteiger partial charge is 0.422 e. The van der Waals surface area contributed by atoms with E-state index in [2.05, 4.69) is 20.0 Å². The summed E-state index contributed by atoms with van der Waals surface area (Å²) in [7, 11) is 0. The largest absolute Gasteiger partial charge is 0.468 e. The van der Waals surface area contributed by atoms with Gasteiger partial charge in [-0.1, -0.05) is 6.07 Å². The Hall–Kier alpha value is -2.68. The van der Waals surface area contributed by atoms with Crippen LogP contribution in [0.25, 0.3) is 0 Å². The van der Waals surface area contributed by atoms with Crippen molar-refractivity contribution >= 4 is 5.91 Å². The molecule has 0 atom stereocenters. The lowest BCUT2D eigenvalue weighted by molar-refractivity contribution is -0.154. The van der Waals surface area contributed by atoms with Gasteiger partial charge >= 0.3 is 6.18 Å². The molecular formula is C19H25F3N4O2. The van der Waals surface area contributed by atoms with E-state index in [1.165, 1.54) is 18.5 Å². The van der Waals surface area contributed by atoms with Crippen molar-refractivity contribution < 1.29 is 22.7 Å². The van der Waals surface area contributed by atoms with Gasteiger partial charge in [-0.15, -0.1) is 0 Å². The molecule has 0 aliphatic carbocycles. The van der Waals surface area contributed by atoms with Crippen molar-refractivity contribution in [2.45, 2.75) is 46.0 Å². The fraction of sp³-hybridized carbons (Fsp3) is 0.421. The molecule has 0 aliphatic rings. The zero-order valence-electron chi connectivity index (χ0n) is 16.3. The number of pyridine rings is 2. The van der Waals surface area contributed by atoms with Crippen molar-refractivity contribution in [2.24, 2.45) is 5.73 Å². The third-order valence-corrected chi connectivity index (χ3v) is 2.92. The first-order chi connectivity index (χ1) is 12.8. The number of aryl methyl sites for hydroxylation is 1. The second kappa shape index (κ2) is 10.0. The molecule has 2 heterocycles. The van der Waals surface area contributed by atoms with Crippen molar-refractivity contribution in [3.05, 3.63) is 53.5 Å². The molecule has 0 saturated carbocycles. The van der Waals surface area contributed by atoms with Gasteiger partial charge in [-0.2, -0.15) is 13.2 Å². The van der Waals surface area contributed by atoms with Crippen molar-refractivity contribution in [3.8, 4) is 5.88 Å². The van der Waals surface area contributed by atoms with Gasteiger partial charge in [0.2, 0.25) is 5.88 Å². The summed E-state index contributed by atoms with van der Waals surface area (Å²) in [6, 6.07) is 6.05. The van der Waals surface area contributed by atoms with Crippen LogP contribution in [0.1, 0.15) is 42.4 Å². The summed E-state index contributed by atoms with van der Waals surface area (Å²) in [5.74, 6) is -0.462. The summed E-state index contributed by atoms with van der Waals surface area (Å²) in [6.45, 7) is 6.31. The van der Waals surface area contributed by atoms with Gasteiger partial charge in [0.1, 0.15) is 0 Å². The zero-order valence-corrected chi connectivity index (χ0v) is 16.3. The second-order valence-corrected chi connectivity index (χ2v) is 7.10. The van der Waals surface area contributed by atoms with Crippen molar-refractivity contribution in [2.75, 3.05) is 6.61 Å². The van der Waals surface area contributed by atoms with Gasteiger partial charge in [0.15, 0.2) is 6.61 Å². The van der Waals surface area contributed by atoms with E-state index in [-0.39, 0.29) is 23.9 Å².